The molecule has 1 aromatic carbocycles. The van der Waals surface area contributed by atoms with Crippen LogP contribution in [-0.2, 0) is 0 Å². The molecule has 0 amide bonds. The monoisotopic (exact) mass is 279 g/mol. The number of benzene rings is 1. The van der Waals surface area contributed by atoms with Crippen molar-refractivity contribution in [3.63, 3.8) is 0 Å². The molecule has 0 fully saturated rings. The fraction of sp³-hybridized carbons (Fsp3) is 0.429. The highest BCUT2D eigenvalue weighted by Crippen LogP contribution is 2.29. The SMILES string of the molecule is CCOc1cc(C)c(/C=N\NC(N)=S)cc1C(C)C. The first-order valence-electron chi connectivity index (χ1n) is 6.31. The lowest BCUT2D eigenvalue weighted by atomic mass is 9.97. The maximum atomic E-state index is 5.68. The molecule has 1 rings (SSSR count). The molecule has 4 nitrogen and oxygen atoms in total. The minimum absolute atomic E-state index is 0.156. The van der Waals surface area contributed by atoms with E-state index in [0.717, 1.165) is 16.9 Å². The number of hydrogen-bond donors (Lipinski definition) is 2. The highest BCUT2D eigenvalue weighted by Gasteiger charge is 2.10. The molecular weight excluding hydrogens is 258 g/mol. The molecule has 0 aliphatic rings. The number of hydrazone groups is 1. The third-order valence-electron chi connectivity index (χ3n) is 2.70. The lowest BCUT2D eigenvalue weighted by Gasteiger charge is -2.15. The summed E-state index contributed by atoms with van der Waals surface area (Å²) < 4.78 is 5.68. The minimum Gasteiger partial charge on any atom is -0.494 e. The average molecular weight is 279 g/mol. The average Bonchev–Trinajstić information content (AvgIpc) is 2.31. The summed E-state index contributed by atoms with van der Waals surface area (Å²) in [6.07, 6.45) is 1.72. The number of nitrogens with zero attached hydrogens (tertiary/aromatic N) is 1. The Morgan fingerprint density at radius 3 is 2.74 bits per heavy atom. The van der Waals surface area contributed by atoms with Gasteiger partial charge >= 0.3 is 0 Å². The van der Waals surface area contributed by atoms with E-state index in [1.54, 1.807) is 6.21 Å². The smallest absolute Gasteiger partial charge is 0.184 e. The van der Waals surface area contributed by atoms with Gasteiger partial charge in [0.05, 0.1) is 12.8 Å². The number of thiocarbonyl (C=S) groups is 1. The van der Waals surface area contributed by atoms with E-state index in [9.17, 15) is 0 Å². The molecular formula is C14H21N3OS. The van der Waals surface area contributed by atoms with Crippen LogP contribution in [0.5, 0.6) is 5.75 Å². The van der Waals surface area contributed by atoms with Crippen LogP contribution in [0.4, 0.5) is 0 Å². The van der Waals surface area contributed by atoms with Gasteiger partial charge in [0.1, 0.15) is 5.75 Å². The van der Waals surface area contributed by atoms with Gasteiger partial charge in [-0.15, -0.1) is 0 Å². The van der Waals surface area contributed by atoms with Crippen molar-refractivity contribution < 1.29 is 4.74 Å². The van der Waals surface area contributed by atoms with Crippen LogP contribution < -0.4 is 15.9 Å². The van der Waals surface area contributed by atoms with E-state index >= 15 is 0 Å². The zero-order valence-corrected chi connectivity index (χ0v) is 12.7. The molecule has 0 saturated carbocycles. The summed E-state index contributed by atoms with van der Waals surface area (Å²) >= 11 is 4.70. The predicted molar refractivity (Wildman–Crippen MR) is 84.0 cm³/mol. The lowest BCUT2D eigenvalue weighted by Crippen LogP contribution is -2.24. The molecule has 0 saturated heterocycles. The van der Waals surface area contributed by atoms with Gasteiger partial charge in [-0.05, 0) is 60.8 Å². The summed E-state index contributed by atoms with van der Waals surface area (Å²) in [6, 6.07) is 4.14. The van der Waals surface area contributed by atoms with Crippen LogP contribution in [0.2, 0.25) is 0 Å². The first-order valence-corrected chi connectivity index (χ1v) is 6.72. The third-order valence-corrected chi connectivity index (χ3v) is 2.79. The third kappa shape index (κ3) is 4.52. The molecule has 19 heavy (non-hydrogen) atoms. The number of nitrogens with one attached hydrogen (secondary N) is 1. The molecule has 0 heterocycles. The number of nitrogens with two attached hydrogens (primary N) is 1. The molecule has 3 N–H and O–H groups in total. The van der Waals surface area contributed by atoms with Gasteiger partial charge in [0.25, 0.3) is 0 Å². The summed E-state index contributed by atoms with van der Waals surface area (Å²) in [5.74, 6) is 1.33. The first-order chi connectivity index (χ1) is 8.95. The second-order valence-electron chi connectivity index (χ2n) is 4.57. The molecule has 0 aliphatic heterocycles. The van der Waals surface area contributed by atoms with E-state index in [0.29, 0.717) is 12.5 Å². The van der Waals surface area contributed by atoms with Gasteiger partial charge in [0, 0.05) is 0 Å². The largest absolute Gasteiger partial charge is 0.494 e. The van der Waals surface area contributed by atoms with Crippen molar-refractivity contribution >= 4 is 23.5 Å². The number of hydrogen-bond acceptors (Lipinski definition) is 3. The van der Waals surface area contributed by atoms with Crippen molar-refractivity contribution in [1.29, 1.82) is 0 Å². The minimum atomic E-state index is 0.156. The van der Waals surface area contributed by atoms with Gasteiger partial charge in [-0.2, -0.15) is 5.10 Å². The van der Waals surface area contributed by atoms with Crippen LogP contribution in [0, 0.1) is 6.92 Å². The highest BCUT2D eigenvalue weighted by atomic mass is 32.1. The standard InChI is InChI=1S/C14H21N3OS/c1-5-18-13-6-10(4)11(7-12(13)9(2)3)8-16-17-14(15)19/h6-9H,5H2,1-4H3,(H3,15,17,19)/b16-8-. The van der Waals surface area contributed by atoms with Gasteiger partial charge < -0.3 is 10.5 Å². The summed E-state index contributed by atoms with van der Waals surface area (Å²) in [5.41, 5.74) is 11.2. The van der Waals surface area contributed by atoms with Gasteiger partial charge in [-0.3, -0.25) is 5.43 Å². The van der Waals surface area contributed by atoms with Gasteiger partial charge in [0.15, 0.2) is 5.11 Å². The Morgan fingerprint density at radius 1 is 1.53 bits per heavy atom. The molecule has 5 heteroatoms. The van der Waals surface area contributed by atoms with Crippen LogP contribution in [-0.4, -0.2) is 17.9 Å². The summed E-state index contributed by atoms with van der Waals surface area (Å²) in [5, 5.41) is 4.15. The Hall–Kier alpha value is -1.62. The molecule has 0 aromatic heterocycles. The van der Waals surface area contributed by atoms with E-state index < -0.39 is 0 Å². The van der Waals surface area contributed by atoms with Crippen molar-refractivity contribution in [3.8, 4) is 5.75 Å². The normalized spacial score (nSPS) is 11.0. The molecule has 0 atom stereocenters. The van der Waals surface area contributed by atoms with Crippen molar-refractivity contribution in [2.45, 2.75) is 33.6 Å². The quantitative estimate of drug-likeness (QED) is 0.494. The van der Waals surface area contributed by atoms with Crippen LogP contribution in [0.25, 0.3) is 0 Å². The Balaban J connectivity index is 3.09. The number of rotatable bonds is 5. The maximum absolute atomic E-state index is 5.68. The summed E-state index contributed by atoms with van der Waals surface area (Å²) in [4.78, 5) is 0. The van der Waals surface area contributed by atoms with Crippen molar-refractivity contribution in [2.75, 3.05) is 6.61 Å². The molecule has 1 aromatic rings. The van der Waals surface area contributed by atoms with Crippen LogP contribution in [0.3, 0.4) is 0 Å². The molecule has 0 radical (unpaired) electrons. The summed E-state index contributed by atoms with van der Waals surface area (Å²) in [6.45, 7) is 8.95. The van der Waals surface area contributed by atoms with Crippen molar-refractivity contribution in [1.82, 2.24) is 5.43 Å². The molecule has 104 valence electrons. The number of ether oxygens (including phenoxy) is 1. The summed E-state index contributed by atoms with van der Waals surface area (Å²) in [7, 11) is 0. The molecule has 0 spiro atoms. The molecule has 0 aliphatic carbocycles. The fourth-order valence-corrected chi connectivity index (χ4v) is 1.80. The Labute approximate surface area is 120 Å². The van der Waals surface area contributed by atoms with E-state index in [-0.39, 0.29) is 5.11 Å². The molecule has 0 unspecified atom stereocenters. The van der Waals surface area contributed by atoms with E-state index in [1.165, 1.54) is 5.56 Å². The first kappa shape index (κ1) is 15.4. The second kappa shape index (κ2) is 7.09. The van der Waals surface area contributed by atoms with Crippen LogP contribution >= 0.6 is 12.2 Å². The number of aryl methyl sites for hydroxylation is 1. The molecule has 0 bridgehead atoms. The van der Waals surface area contributed by atoms with Gasteiger partial charge in [-0.1, -0.05) is 13.8 Å². The predicted octanol–water partition coefficient (Wildman–Crippen LogP) is 2.68. The van der Waals surface area contributed by atoms with Crippen molar-refractivity contribution in [2.24, 2.45) is 10.8 Å². The highest BCUT2D eigenvalue weighted by molar-refractivity contribution is 7.80. The topological polar surface area (TPSA) is 59.6 Å². The second-order valence-corrected chi connectivity index (χ2v) is 5.01. The zero-order chi connectivity index (χ0) is 14.4. The van der Waals surface area contributed by atoms with E-state index in [1.807, 2.05) is 19.9 Å². The Kier molecular flexibility index (Phi) is 5.76. The fourth-order valence-electron chi connectivity index (χ4n) is 1.75. The lowest BCUT2D eigenvalue weighted by molar-refractivity contribution is 0.335. The zero-order valence-electron chi connectivity index (χ0n) is 11.9. The van der Waals surface area contributed by atoms with E-state index in [4.69, 9.17) is 22.7 Å². The van der Waals surface area contributed by atoms with Crippen molar-refractivity contribution in [3.05, 3.63) is 28.8 Å². The van der Waals surface area contributed by atoms with Gasteiger partial charge in [-0.25, -0.2) is 0 Å². The van der Waals surface area contributed by atoms with E-state index in [2.05, 4.69) is 30.4 Å². The maximum Gasteiger partial charge on any atom is 0.184 e. The van der Waals surface area contributed by atoms with Crippen LogP contribution in [0.1, 0.15) is 43.4 Å². The Morgan fingerprint density at radius 2 is 2.21 bits per heavy atom. The van der Waals surface area contributed by atoms with Crippen LogP contribution in [0.15, 0.2) is 17.2 Å². The van der Waals surface area contributed by atoms with Gasteiger partial charge in [0.2, 0.25) is 0 Å². The Bertz CT molecular complexity index is 484.